The van der Waals surface area contributed by atoms with E-state index in [4.69, 9.17) is 11.6 Å². The fourth-order valence-corrected chi connectivity index (χ4v) is 1.68. The molecule has 2 aromatic rings. The average Bonchev–Trinajstić information content (AvgIpc) is 2.33. The number of halogens is 1. The topological polar surface area (TPSA) is 74.8 Å². The van der Waals surface area contributed by atoms with Gasteiger partial charge in [0.15, 0.2) is 5.43 Å². The summed E-state index contributed by atoms with van der Waals surface area (Å²) in [5, 5.41) is 2.99. The van der Waals surface area contributed by atoms with Crippen molar-refractivity contribution >= 4 is 23.2 Å². The van der Waals surface area contributed by atoms with Crippen LogP contribution >= 0.6 is 11.6 Å². The molecular formula is C13H12ClN3O2. The molecule has 0 spiro atoms. The third kappa shape index (κ3) is 3.00. The van der Waals surface area contributed by atoms with Crippen molar-refractivity contribution in [3.63, 3.8) is 0 Å². The van der Waals surface area contributed by atoms with Crippen molar-refractivity contribution in [2.75, 3.05) is 5.32 Å². The van der Waals surface area contributed by atoms with Gasteiger partial charge in [-0.3, -0.25) is 9.59 Å². The Labute approximate surface area is 114 Å². The van der Waals surface area contributed by atoms with E-state index >= 15 is 0 Å². The van der Waals surface area contributed by atoms with Gasteiger partial charge in [0.05, 0.1) is 11.9 Å². The van der Waals surface area contributed by atoms with E-state index in [9.17, 15) is 9.59 Å². The van der Waals surface area contributed by atoms with Crippen LogP contribution in [0.3, 0.4) is 0 Å². The molecule has 0 radical (unpaired) electrons. The molecule has 98 valence electrons. The lowest BCUT2D eigenvalue weighted by atomic mass is 10.2. The molecule has 0 bridgehead atoms. The predicted molar refractivity (Wildman–Crippen MR) is 73.7 cm³/mol. The number of carbonyl (C=O) groups excluding carboxylic acids is 1. The number of rotatable bonds is 2. The summed E-state index contributed by atoms with van der Waals surface area (Å²) in [6.07, 6.45) is 2.83. The summed E-state index contributed by atoms with van der Waals surface area (Å²) in [6.45, 7) is 3.53. The Kier molecular flexibility index (Phi) is 3.66. The molecule has 5 nitrogen and oxygen atoms in total. The monoisotopic (exact) mass is 277 g/mol. The van der Waals surface area contributed by atoms with Crippen molar-refractivity contribution < 1.29 is 4.79 Å². The van der Waals surface area contributed by atoms with Crippen LogP contribution < -0.4 is 10.7 Å². The molecule has 19 heavy (non-hydrogen) atoms. The number of hydrogen-bond donors (Lipinski definition) is 2. The Morgan fingerprint density at radius 2 is 2.11 bits per heavy atom. The SMILES string of the molecule is Cc1cc(=O)c(C(=O)Nc2cnc(Cl)c(C)c2)c[nH]1. The summed E-state index contributed by atoms with van der Waals surface area (Å²) in [6, 6.07) is 3.07. The van der Waals surface area contributed by atoms with Gasteiger partial charge >= 0.3 is 0 Å². The largest absolute Gasteiger partial charge is 0.364 e. The lowest BCUT2D eigenvalue weighted by molar-refractivity contribution is 0.102. The van der Waals surface area contributed by atoms with E-state index in [1.807, 2.05) is 0 Å². The molecule has 1 amide bonds. The number of H-pyrrole nitrogens is 1. The number of aryl methyl sites for hydroxylation is 2. The lowest BCUT2D eigenvalue weighted by Crippen LogP contribution is -2.21. The molecule has 2 rings (SSSR count). The maximum Gasteiger partial charge on any atom is 0.261 e. The second-order valence-corrected chi connectivity index (χ2v) is 4.54. The molecule has 2 N–H and O–H groups in total. The minimum atomic E-state index is -0.482. The Bertz CT molecular complexity index is 695. The van der Waals surface area contributed by atoms with E-state index in [0.717, 1.165) is 5.56 Å². The first-order chi connectivity index (χ1) is 8.97. The van der Waals surface area contributed by atoms with Gasteiger partial charge in [0.1, 0.15) is 10.7 Å². The van der Waals surface area contributed by atoms with Gasteiger partial charge in [0.2, 0.25) is 0 Å². The highest BCUT2D eigenvalue weighted by atomic mass is 35.5. The first-order valence-corrected chi connectivity index (χ1v) is 5.98. The second kappa shape index (κ2) is 5.24. The van der Waals surface area contributed by atoms with Gasteiger partial charge < -0.3 is 10.3 Å². The first-order valence-electron chi connectivity index (χ1n) is 5.60. The van der Waals surface area contributed by atoms with Gasteiger partial charge in [-0.1, -0.05) is 11.6 Å². The fraction of sp³-hybridized carbons (Fsp3) is 0.154. The summed E-state index contributed by atoms with van der Waals surface area (Å²) in [5.41, 5.74) is 1.67. The van der Waals surface area contributed by atoms with E-state index in [2.05, 4.69) is 15.3 Å². The number of anilines is 1. The average molecular weight is 278 g/mol. The Morgan fingerprint density at radius 1 is 1.37 bits per heavy atom. The zero-order valence-corrected chi connectivity index (χ0v) is 11.2. The van der Waals surface area contributed by atoms with Crippen molar-refractivity contribution in [2.24, 2.45) is 0 Å². The van der Waals surface area contributed by atoms with Crippen LogP contribution in [0.15, 0.2) is 29.3 Å². The zero-order chi connectivity index (χ0) is 14.0. The Morgan fingerprint density at radius 3 is 2.74 bits per heavy atom. The van der Waals surface area contributed by atoms with Gasteiger partial charge in [0, 0.05) is 18.0 Å². The summed E-state index contributed by atoms with van der Waals surface area (Å²) in [7, 11) is 0. The number of pyridine rings is 2. The molecule has 0 unspecified atom stereocenters. The summed E-state index contributed by atoms with van der Waals surface area (Å²) >= 11 is 5.80. The molecule has 0 fully saturated rings. The highest BCUT2D eigenvalue weighted by molar-refractivity contribution is 6.30. The molecule has 2 heterocycles. The number of carbonyl (C=O) groups is 1. The van der Waals surface area contributed by atoms with E-state index in [1.54, 1.807) is 19.9 Å². The standard InChI is InChI=1S/C13H12ClN3O2/c1-7-3-9(5-16-12(7)14)17-13(19)10-6-15-8(2)4-11(10)18/h3-6H,1-2H3,(H,15,18)(H,17,19). The lowest BCUT2D eigenvalue weighted by Gasteiger charge is -2.06. The Hall–Kier alpha value is -2.14. The number of nitrogens with one attached hydrogen (secondary N) is 2. The summed E-state index contributed by atoms with van der Waals surface area (Å²) < 4.78 is 0. The van der Waals surface area contributed by atoms with Gasteiger partial charge in [-0.15, -0.1) is 0 Å². The van der Waals surface area contributed by atoms with Crippen LogP contribution in [0, 0.1) is 13.8 Å². The van der Waals surface area contributed by atoms with E-state index in [-0.39, 0.29) is 11.0 Å². The summed E-state index contributed by atoms with van der Waals surface area (Å²) in [5.74, 6) is -0.482. The van der Waals surface area contributed by atoms with E-state index in [1.165, 1.54) is 18.5 Å². The smallest absolute Gasteiger partial charge is 0.261 e. The second-order valence-electron chi connectivity index (χ2n) is 4.18. The first kappa shape index (κ1) is 13.3. The Balaban J connectivity index is 2.25. The zero-order valence-electron chi connectivity index (χ0n) is 10.5. The van der Waals surface area contributed by atoms with Crippen LogP contribution in [0.5, 0.6) is 0 Å². The third-order valence-electron chi connectivity index (χ3n) is 2.57. The van der Waals surface area contributed by atoms with Crippen LogP contribution in [0.25, 0.3) is 0 Å². The predicted octanol–water partition coefficient (Wildman–Crippen LogP) is 2.29. The van der Waals surface area contributed by atoms with Gasteiger partial charge in [-0.25, -0.2) is 4.98 Å². The van der Waals surface area contributed by atoms with Crippen molar-refractivity contribution in [2.45, 2.75) is 13.8 Å². The van der Waals surface area contributed by atoms with Crippen molar-refractivity contribution in [1.82, 2.24) is 9.97 Å². The van der Waals surface area contributed by atoms with Gasteiger partial charge in [0.25, 0.3) is 5.91 Å². The van der Waals surface area contributed by atoms with E-state index < -0.39 is 5.91 Å². The number of aromatic amines is 1. The van der Waals surface area contributed by atoms with Crippen LogP contribution in [0.1, 0.15) is 21.6 Å². The number of nitrogens with zero attached hydrogens (tertiary/aromatic N) is 1. The number of amides is 1. The molecule has 0 atom stereocenters. The van der Waals surface area contributed by atoms with Crippen molar-refractivity contribution in [1.29, 1.82) is 0 Å². The highest BCUT2D eigenvalue weighted by Gasteiger charge is 2.11. The van der Waals surface area contributed by atoms with Crippen molar-refractivity contribution in [3.05, 3.63) is 56.7 Å². The molecule has 0 saturated carbocycles. The molecular weight excluding hydrogens is 266 g/mol. The summed E-state index contributed by atoms with van der Waals surface area (Å²) in [4.78, 5) is 30.4. The minimum absolute atomic E-state index is 0.0539. The molecule has 0 aliphatic carbocycles. The van der Waals surface area contributed by atoms with Crippen LogP contribution in [0.4, 0.5) is 5.69 Å². The highest BCUT2D eigenvalue weighted by Crippen LogP contribution is 2.16. The van der Waals surface area contributed by atoms with Crippen LogP contribution in [0.2, 0.25) is 5.15 Å². The molecule has 0 aliphatic heterocycles. The third-order valence-corrected chi connectivity index (χ3v) is 2.97. The molecule has 0 aliphatic rings. The molecule has 0 saturated heterocycles. The van der Waals surface area contributed by atoms with Gasteiger partial charge in [-0.05, 0) is 25.5 Å². The van der Waals surface area contributed by atoms with Crippen LogP contribution in [-0.4, -0.2) is 15.9 Å². The van der Waals surface area contributed by atoms with E-state index in [0.29, 0.717) is 16.5 Å². The van der Waals surface area contributed by atoms with Crippen molar-refractivity contribution in [3.8, 4) is 0 Å². The molecule has 0 aromatic carbocycles. The van der Waals surface area contributed by atoms with Crippen LogP contribution in [-0.2, 0) is 0 Å². The maximum absolute atomic E-state index is 12.0. The molecule has 6 heteroatoms. The fourth-order valence-electron chi connectivity index (χ4n) is 1.58. The molecule has 2 aromatic heterocycles. The number of hydrogen-bond acceptors (Lipinski definition) is 3. The van der Waals surface area contributed by atoms with Gasteiger partial charge in [-0.2, -0.15) is 0 Å². The number of aromatic nitrogens is 2. The quantitative estimate of drug-likeness (QED) is 0.827. The normalized spacial score (nSPS) is 10.3. The minimum Gasteiger partial charge on any atom is -0.364 e. The maximum atomic E-state index is 12.0.